The minimum absolute atomic E-state index is 0.134. The third-order valence-corrected chi connectivity index (χ3v) is 3.98. The standard InChI is InChI=1S/C17H14N4O2/c1-20-14-10-18-13-6-4-3-5-12(13)16(14)21(17(20)22)11-7-8-15(23-2)19-9-11/h3-10H,1-2H3. The number of rotatable bonds is 2. The van der Waals surface area contributed by atoms with Crippen molar-refractivity contribution in [3.8, 4) is 11.6 Å². The summed E-state index contributed by atoms with van der Waals surface area (Å²) in [4.78, 5) is 21.4. The number of benzene rings is 1. The van der Waals surface area contributed by atoms with E-state index >= 15 is 0 Å². The molecule has 0 saturated carbocycles. The van der Waals surface area contributed by atoms with E-state index in [-0.39, 0.29) is 5.69 Å². The predicted molar refractivity (Wildman–Crippen MR) is 88.2 cm³/mol. The van der Waals surface area contributed by atoms with Crippen molar-refractivity contribution in [3.63, 3.8) is 0 Å². The molecule has 0 atom stereocenters. The molecule has 0 aliphatic rings. The monoisotopic (exact) mass is 306 g/mol. The molecular weight excluding hydrogens is 292 g/mol. The molecule has 4 rings (SSSR count). The number of ether oxygens (including phenoxy) is 1. The van der Waals surface area contributed by atoms with E-state index in [0.29, 0.717) is 11.6 Å². The number of aryl methyl sites for hydroxylation is 1. The van der Waals surface area contributed by atoms with Gasteiger partial charge in [-0.05, 0) is 12.1 Å². The van der Waals surface area contributed by atoms with E-state index in [9.17, 15) is 4.79 Å². The average Bonchev–Trinajstić information content (AvgIpc) is 2.87. The fraction of sp³-hybridized carbons (Fsp3) is 0.118. The number of hydrogen-bond donors (Lipinski definition) is 0. The van der Waals surface area contributed by atoms with Crippen molar-refractivity contribution in [1.82, 2.24) is 19.1 Å². The first kappa shape index (κ1) is 13.5. The van der Waals surface area contributed by atoms with Gasteiger partial charge in [0.15, 0.2) is 0 Å². The molecule has 6 heteroatoms. The number of para-hydroxylation sites is 1. The molecule has 4 aromatic rings. The molecule has 0 fully saturated rings. The molecule has 0 spiro atoms. The maximum atomic E-state index is 12.7. The summed E-state index contributed by atoms with van der Waals surface area (Å²) in [5, 5.41) is 0.929. The molecular formula is C17H14N4O2. The third-order valence-electron chi connectivity index (χ3n) is 3.98. The highest BCUT2D eigenvalue weighted by Gasteiger charge is 2.16. The number of pyridine rings is 2. The molecule has 0 aliphatic carbocycles. The van der Waals surface area contributed by atoms with Crippen molar-refractivity contribution in [3.05, 3.63) is 59.3 Å². The Morgan fingerprint density at radius 1 is 1.04 bits per heavy atom. The second-order valence-electron chi connectivity index (χ2n) is 5.24. The molecule has 6 nitrogen and oxygen atoms in total. The van der Waals surface area contributed by atoms with Gasteiger partial charge in [0.25, 0.3) is 0 Å². The number of aromatic nitrogens is 4. The van der Waals surface area contributed by atoms with Crippen molar-refractivity contribution < 1.29 is 4.74 Å². The van der Waals surface area contributed by atoms with Crippen LogP contribution in [0.2, 0.25) is 0 Å². The van der Waals surface area contributed by atoms with Crippen LogP contribution in [0.15, 0.2) is 53.6 Å². The van der Waals surface area contributed by atoms with Crippen LogP contribution in [-0.2, 0) is 7.05 Å². The molecule has 0 bridgehead atoms. The number of nitrogens with zero attached hydrogens (tertiary/aromatic N) is 4. The van der Waals surface area contributed by atoms with Crippen LogP contribution in [0.4, 0.5) is 0 Å². The van der Waals surface area contributed by atoms with Crippen molar-refractivity contribution in [1.29, 1.82) is 0 Å². The maximum Gasteiger partial charge on any atom is 0.333 e. The first-order chi connectivity index (χ1) is 11.2. The summed E-state index contributed by atoms with van der Waals surface area (Å²) in [5.41, 5.74) is 3.02. The summed E-state index contributed by atoms with van der Waals surface area (Å²) >= 11 is 0. The summed E-state index contributed by atoms with van der Waals surface area (Å²) < 4.78 is 8.34. The van der Waals surface area contributed by atoms with E-state index in [4.69, 9.17) is 4.74 Å². The molecule has 0 saturated heterocycles. The average molecular weight is 306 g/mol. The number of methoxy groups -OCH3 is 1. The van der Waals surface area contributed by atoms with E-state index in [2.05, 4.69) is 9.97 Å². The van der Waals surface area contributed by atoms with Gasteiger partial charge in [0, 0.05) is 18.5 Å². The smallest absolute Gasteiger partial charge is 0.333 e. The zero-order valence-electron chi connectivity index (χ0n) is 12.7. The quantitative estimate of drug-likeness (QED) is 0.570. The molecule has 23 heavy (non-hydrogen) atoms. The molecule has 114 valence electrons. The Morgan fingerprint density at radius 3 is 2.61 bits per heavy atom. The molecule has 0 amide bonds. The van der Waals surface area contributed by atoms with Crippen LogP contribution in [0, 0.1) is 0 Å². The highest BCUT2D eigenvalue weighted by Crippen LogP contribution is 2.25. The fourth-order valence-corrected chi connectivity index (χ4v) is 2.81. The zero-order valence-corrected chi connectivity index (χ0v) is 12.7. The lowest BCUT2D eigenvalue weighted by Gasteiger charge is -2.06. The summed E-state index contributed by atoms with van der Waals surface area (Å²) in [5.74, 6) is 0.508. The molecule has 3 aromatic heterocycles. The third kappa shape index (κ3) is 1.92. The number of imidazole rings is 1. The Balaban J connectivity index is 2.14. The Bertz CT molecular complexity index is 1080. The van der Waals surface area contributed by atoms with Gasteiger partial charge in [0.05, 0.1) is 41.7 Å². The van der Waals surface area contributed by atoms with E-state index in [1.165, 1.54) is 0 Å². The van der Waals surface area contributed by atoms with Crippen LogP contribution >= 0.6 is 0 Å². The van der Waals surface area contributed by atoms with Gasteiger partial charge in [-0.3, -0.25) is 14.1 Å². The normalized spacial score (nSPS) is 11.2. The van der Waals surface area contributed by atoms with Crippen LogP contribution in [0.25, 0.3) is 27.6 Å². The van der Waals surface area contributed by atoms with E-state index in [0.717, 1.165) is 21.9 Å². The van der Waals surface area contributed by atoms with Gasteiger partial charge in [-0.1, -0.05) is 18.2 Å². The second kappa shape index (κ2) is 4.95. The molecule has 0 aliphatic heterocycles. The van der Waals surface area contributed by atoms with Crippen LogP contribution in [-0.4, -0.2) is 26.2 Å². The minimum atomic E-state index is -0.134. The van der Waals surface area contributed by atoms with Crippen molar-refractivity contribution in [2.75, 3.05) is 7.11 Å². The van der Waals surface area contributed by atoms with Crippen LogP contribution in [0.5, 0.6) is 5.88 Å². The van der Waals surface area contributed by atoms with Gasteiger partial charge in [-0.2, -0.15) is 0 Å². The fourth-order valence-electron chi connectivity index (χ4n) is 2.81. The van der Waals surface area contributed by atoms with Crippen LogP contribution in [0.3, 0.4) is 0 Å². The van der Waals surface area contributed by atoms with E-state index in [1.807, 2.05) is 30.3 Å². The second-order valence-corrected chi connectivity index (χ2v) is 5.24. The van der Waals surface area contributed by atoms with Gasteiger partial charge >= 0.3 is 5.69 Å². The molecule has 1 aromatic carbocycles. The van der Waals surface area contributed by atoms with Gasteiger partial charge in [-0.15, -0.1) is 0 Å². The summed E-state index contributed by atoms with van der Waals surface area (Å²) in [6.07, 6.45) is 3.36. The minimum Gasteiger partial charge on any atom is -0.481 e. The largest absolute Gasteiger partial charge is 0.481 e. The zero-order chi connectivity index (χ0) is 16.0. The van der Waals surface area contributed by atoms with Crippen LogP contribution in [0.1, 0.15) is 0 Å². The Labute approximate surface area is 131 Å². The Morgan fingerprint density at radius 2 is 1.87 bits per heavy atom. The first-order valence-electron chi connectivity index (χ1n) is 7.16. The first-order valence-corrected chi connectivity index (χ1v) is 7.16. The molecule has 0 unspecified atom stereocenters. The lowest BCUT2D eigenvalue weighted by molar-refractivity contribution is 0.398. The van der Waals surface area contributed by atoms with Crippen LogP contribution < -0.4 is 10.4 Å². The topological polar surface area (TPSA) is 61.9 Å². The van der Waals surface area contributed by atoms with Gasteiger partial charge < -0.3 is 4.74 Å². The van der Waals surface area contributed by atoms with Gasteiger partial charge in [0.1, 0.15) is 0 Å². The summed E-state index contributed by atoms with van der Waals surface area (Å²) in [6, 6.07) is 11.3. The summed E-state index contributed by atoms with van der Waals surface area (Å²) in [6.45, 7) is 0. The maximum absolute atomic E-state index is 12.7. The molecule has 0 N–H and O–H groups in total. The molecule has 0 radical (unpaired) electrons. The summed E-state index contributed by atoms with van der Waals surface area (Å²) in [7, 11) is 3.31. The van der Waals surface area contributed by atoms with Gasteiger partial charge in [-0.25, -0.2) is 9.78 Å². The highest BCUT2D eigenvalue weighted by molar-refractivity contribution is 6.02. The van der Waals surface area contributed by atoms with E-state index in [1.54, 1.807) is 41.8 Å². The van der Waals surface area contributed by atoms with Crippen molar-refractivity contribution in [2.45, 2.75) is 0 Å². The SMILES string of the molecule is COc1ccc(-n2c(=O)n(C)c3cnc4ccccc4c32)cn1. The van der Waals surface area contributed by atoms with Crippen molar-refractivity contribution in [2.24, 2.45) is 7.05 Å². The highest BCUT2D eigenvalue weighted by atomic mass is 16.5. The predicted octanol–water partition coefficient (Wildman–Crippen LogP) is 2.28. The lowest BCUT2D eigenvalue weighted by atomic mass is 10.2. The molecule has 3 heterocycles. The Kier molecular flexibility index (Phi) is 2.90. The van der Waals surface area contributed by atoms with Gasteiger partial charge in [0.2, 0.25) is 5.88 Å². The lowest BCUT2D eigenvalue weighted by Crippen LogP contribution is -2.20. The Hall–Kier alpha value is -3.15. The van der Waals surface area contributed by atoms with E-state index < -0.39 is 0 Å². The number of hydrogen-bond acceptors (Lipinski definition) is 4. The number of fused-ring (bicyclic) bond motifs is 3. The van der Waals surface area contributed by atoms with Crippen molar-refractivity contribution >= 4 is 21.9 Å².